The number of halogens is 1. The molecule has 2 atom stereocenters. The molecule has 2 amide bonds. The second-order valence-corrected chi connectivity index (χ2v) is 10.1. The van der Waals surface area contributed by atoms with E-state index in [-0.39, 0.29) is 36.6 Å². The molecule has 196 valence electrons. The molecule has 0 fully saturated rings. The van der Waals surface area contributed by atoms with Crippen molar-refractivity contribution in [1.29, 1.82) is 0 Å². The molecule has 0 aromatic heterocycles. The summed E-state index contributed by atoms with van der Waals surface area (Å²) in [6.45, 7) is 8.52. The van der Waals surface area contributed by atoms with Gasteiger partial charge in [-0.25, -0.2) is 4.39 Å². The van der Waals surface area contributed by atoms with Gasteiger partial charge >= 0.3 is 0 Å². The van der Waals surface area contributed by atoms with Crippen LogP contribution in [0, 0.1) is 5.82 Å². The SMILES string of the molecule is CCC(C)NC(=O)C(Cc1ccccc1)N(Cc1ccc(F)cc1)C(=O)CCc1ccc(C(C)C)cc1. The molecule has 0 saturated carbocycles. The van der Waals surface area contributed by atoms with Gasteiger partial charge in [0.15, 0.2) is 0 Å². The molecule has 0 aliphatic heterocycles. The van der Waals surface area contributed by atoms with Crippen molar-refractivity contribution in [3.05, 3.63) is 107 Å². The molecule has 0 radical (unpaired) electrons. The fourth-order valence-electron chi connectivity index (χ4n) is 4.25. The van der Waals surface area contributed by atoms with Crippen molar-refractivity contribution in [2.24, 2.45) is 0 Å². The minimum atomic E-state index is -0.683. The molecule has 3 aromatic carbocycles. The van der Waals surface area contributed by atoms with E-state index in [4.69, 9.17) is 0 Å². The van der Waals surface area contributed by atoms with E-state index < -0.39 is 6.04 Å². The van der Waals surface area contributed by atoms with E-state index in [0.717, 1.165) is 23.1 Å². The average Bonchev–Trinajstić information content (AvgIpc) is 2.91. The van der Waals surface area contributed by atoms with E-state index >= 15 is 0 Å². The summed E-state index contributed by atoms with van der Waals surface area (Å²) in [5.41, 5.74) is 4.11. The lowest BCUT2D eigenvalue weighted by molar-refractivity contribution is -0.141. The molecule has 0 aliphatic carbocycles. The average molecular weight is 503 g/mol. The molecule has 3 rings (SSSR count). The standard InChI is InChI=1S/C32H39FN2O2/c1-5-24(4)34-32(37)30(21-26-9-7-6-8-10-26)35(22-27-13-18-29(33)19-14-27)31(36)20-15-25-11-16-28(17-12-25)23(2)3/h6-14,16-19,23-24,30H,5,15,20-22H2,1-4H3,(H,34,37). The highest BCUT2D eigenvalue weighted by Gasteiger charge is 2.30. The molecule has 5 heteroatoms. The maximum Gasteiger partial charge on any atom is 0.243 e. The summed E-state index contributed by atoms with van der Waals surface area (Å²) >= 11 is 0. The first-order valence-electron chi connectivity index (χ1n) is 13.2. The van der Waals surface area contributed by atoms with Crippen LogP contribution in [0.2, 0.25) is 0 Å². The molecule has 4 nitrogen and oxygen atoms in total. The highest BCUT2D eigenvalue weighted by molar-refractivity contribution is 5.88. The molecule has 2 unspecified atom stereocenters. The van der Waals surface area contributed by atoms with Crippen molar-refractivity contribution >= 4 is 11.8 Å². The van der Waals surface area contributed by atoms with Crippen molar-refractivity contribution in [3.63, 3.8) is 0 Å². The van der Waals surface area contributed by atoms with Gasteiger partial charge in [-0.15, -0.1) is 0 Å². The molecule has 0 bridgehead atoms. The third-order valence-electron chi connectivity index (χ3n) is 6.81. The Kier molecular flexibility index (Phi) is 10.4. The fourth-order valence-corrected chi connectivity index (χ4v) is 4.25. The lowest BCUT2D eigenvalue weighted by atomic mass is 9.99. The first-order valence-corrected chi connectivity index (χ1v) is 13.2. The Balaban J connectivity index is 1.88. The smallest absolute Gasteiger partial charge is 0.243 e. The fraction of sp³-hybridized carbons (Fsp3) is 0.375. The molecule has 0 saturated heterocycles. The largest absolute Gasteiger partial charge is 0.352 e. The first-order chi connectivity index (χ1) is 17.8. The van der Waals surface area contributed by atoms with Gasteiger partial charge in [0.1, 0.15) is 11.9 Å². The Hall–Kier alpha value is -3.47. The van der Waals surface area contributed by atoms with E-state index in [1.807, 2.05) is 44.2 Å². The molecular weight excluding hydrogens is 463 g/mol. The normalized spacial score (nSPS) is 12.7. The number of aryl methyl sites for hydroxylation is 1. The monoisotopic (exact) mass is 502 g/mol. The number of hydrogen-bond acceptors (Lipinski definition) is 2. The van der Waals surface area contributed by atoms with E-state index in [2.05, 4.69) is 43.4 Å². The van der Waals surface area contributed by atoms with Crippen LogP contribution in [0.1, 0.15) is 68.7 Å². The van der Waals surface area contributed by atoms with Crippen LogP contribution in [0.15, 0.2) is 78.9 Å². The Morgan fingerprint density at radius 2 is 1.46 bits per heavy atom. The minimum absolute atomic E-state index is 0.00646. The molecule has 3 aromatic rings. The summed E-state index contributed by atoms with van der Waals surface area (Å²) in [4.78, 5) is 28.9. The van der Waals surface area contributed by atoms with E-state index in [9.17, 15) is 14.0 Å². The van der Waals surface area contributed by atoms with Gasteiger partial charge in [0.05, 0.1) is 0 Å². The summed E-state index contributed by atoms with van der Waals surface area (Å²) in [5, 5.41) is 3.08. The molecule has 1 N–H and O–H groups in total. The third-order valence-corrected chi connectivity index (χ3v) is 6.81. The van der Waals surface area contributed by atoms with Gasteiger partial charge in [-0.1, -0.05) is 87.5 Å². The third kappa shape index (κ3) is 8.56. The zero-order chi connectivity index (χ0) is 26.8. The van der Waals surface area contributed by atoms with Gasteiger partial charge in [0, 0.05) is 25.4 Å². The number of amides is 2. The molecule has 0 spiro atoms. The lowest BCUT2D eigenvalue weighted by Crippen LogP contribution is -2.52. The van der Waals surface area contributed by atoms with Crippen LogP contribution in [-0.4, -0.2) is 28.8 Å². The molecular formula is C32H39FN2O2. The van der Waals surface area contributed by atoms with E-state index in [0.29, 0.717) is 18.8 Å². The number of benzene rings is 3. The highest BCUT2D eigenvalue weighted by atomic mass is 19.1. The maximum atomic E-state index is 13.7. The van der Waals surface area contributed by atoms with Crippen LogP contribution in [0.3, 0.4) is 0 Å². The Morgan fingerprint density at radius 1 is 0.838 bits per heavy atom. The Labute approximate surface area is 220 Å². The number of rotatable bonds is 12. The number of hydrogen-bond donors (Lipinski definition) is 1. The summed E-state index contributed by atoms with van der Waals surface area (Å²) < 4.78 is 13.6. The molecule has 0 aliphatic rings. The number of nitrogens with one attached hydrogen (secondary N) is 1. The second-order valence-electron chi connectivity index (χ2n) is 10.1. The lowest BCUT2D eigenvalue weighted by Gasteiger charge is -2.32. The van der Waals surface area contributed by atoms with Gasteiger partial charge in [0.2, 0.25) is 11.8 Å². The van der Waals surface area contributed by atoms with Gasteiger partial charge < -0.3 is 10.2 Å². The van der Waals surface area contributed by atoms with Crippen molar-refractivity contribution in [1.82, 2.24) is 10.2 Å². The van der Waals surface area contributed by atoms with Crippen LogP contribution in [0.25, 0.3) is 0 Å². The quantitative estimate of drug-likeness (QED) is 0.310. The first kappa shape index (κ1) is 28.1. The second kappa shape index (κ2) is 13.7. The minimum Gasteiger partial charge on any atom is -0.352 e. The summed E-state index contributed by atoms with van der Waals surface area (Å²) in [5.74, 6) is -0.154. The topological polar surface area (TPSA) is 49.4 Å². The van der Waals surface area contributed by atoms with Crippen molar-refractivity contribution in [2.45, 2.75) is 77.9 Å². The Bertz CT molecular complexity index is 1130. The van der Waals surface area contributed by atoms with Crippen molar-refractivity contribution in [3.8, 4) is 0 Å². The number of nitrogens with zero attached hydrogens (tertiary/aromatic N) is 1. The van der Waals surface area contributed by atoms with Gasteiger partial charge in [-0.2, -0.15) is 0 Å². The van der Waals surface area contributed by atoms with Crippen LogP contribution in [-0.2, 0) is 29.0 Å². The van der Waals surface area contributed by atoms with Crippen molar-refractivity contribution in [2.75, 3.05) is 0 Å². The van der Waals surface area contributed by atoms with E-state index in [1.54, 1.807) is 17.0 Å². The predicted octanol–water partition coefficient (Wildman–Crippen LogP) is 6.44. The van der Waals surface area contributed by atoms with Crippen LogP contribution >= 0.6 is 0 Å². The van der Waals surface area contributed by atoms with Crippen LogP contribution < -0.4 is 5.32 Å². The van der Waals surface area contributed by atoms with Crippen LogP contribution in [0.4, 0.5) is 4.39 Å². The molecule has 37 heavy (non-hydrogen) atoms. The predicted molar refractivity (Wildman–Crippen MR) is 148 cm³/mol. The van der Waals surface area contributed by atoms with Gasteiger partial charge in [-0.05, 0) is 60.1 Å². The zero-order valence-corrected chi connectivity index (χ0v) is 22.4. The van der Waals surface area contributed by atoms with Crippen molar-refractivity contribution < 1.29 is 14.0 Å². The number of carbonyl (C=O) groups excluding carboxylic acids is 2. The number of carbonyl (C=O) groups is 2. The van der Waals surface area contributed by atoms with Gasteiger partial charge in [-0.3, -0.25) is 9.59 Å². The molecule has 0 heterocycles. The highest BCUT2D eigenvalue weighted by Crippen LogP contribution is 2.19. The van der Waals surface area contributed by atoms with Crippen LogP contribution in [0.5, 0.6) is 0 Å². The zero-order valence-electron chi connectivity index (χ0n) is 22.4. The summed E-state index contributed by atoms with van der Waals surface area (Å²) in [6.07, 6.45) is 2.06. The Morgan fingerprint density at radius 3 is 2.05 bits per heavy atom. The summed E-state index contributed by atoms with van der Waals surface area (Å²) in [7, 11) is 0. The maximum absolute atomic E-state index is 13.7. The summed E-state index contributed by atoms with van der Waals surface area (Å²) in [6, 6.07) is 23.6. The van der Waals surface area contributed by atoms with E-state index in [1.165, 1.54) is 17.7 Å². The van der Waals surface area contributed by atoms with Gasteiger partial charge in [0.25, 0.3) is 0 Å².